The molecule has 0 aliphatic rings. The van der Waals surface area contributed by atoms with Gasteiger partial charge in [-0.1, -0.05) is 0 Å². The number of thiocarbonyl (C=S) groups is 1. The van der Waals surface area contributed by atoms with Gasteiger partial charge in [0.25, 0.3) is 0 Å². The zero-order valence-electron chi connectivity index (χ0n) is 2.84. The Kier molecular flexibility index (Phi) is 3.72. The van der Waals surface area contributed by atoms with Crippen LogP contribution in [-0.2, 0) is 4.79 Å². The molecule has 0 spiro atoms. The zero-order valence-corrected chi connectivity index (χ0v) is 3.66. The number of nitrogens with zero attached hydrogens (tertiary/aromatic N) is 1. The molecule has 0 aliphatic heterocycles. The van der Waals surface area contributed by atoms with Crippen LogP contribution in [0.1, 0.15) is 0 Å². The van der Waals surface area contributed by atoms with Gasteiger partial charge in [0, 0.05) is 0 Å². The maximum absolute atomic E-state index is 9.15. The third-order valence-corrected chi connectivity index (χ3v) is 0.275. The van der Waals surface area contributed by atoms with Crippen molar-refractivity contribution in [1.29, 1.82) is 0 Å². The molecule has 3 heteroatoms. The number of rotatable bonds is 1. The quantitative estimate of drug-likeness (QED) is 0.271. The van der Waals surface area contributed by atoms with Crippen molar-refractivity contribution in [2.75, 3.05) is 0 Å². The first kappa shape index (κ1) is 5.25. The molecular formula is C3HNOS. The van der Waals surface area contributed by atoms with E-state index in [1.165, 1.54) is 6.08 Å². The van der Waals surface area contributed by atoms with E-state index in [1.54, 1.807) is 0 Å². The van der Waals surface area contributed by atoms with Crippen LogP contribution in [0.15, 0.2) is 11.2 Å². The molecule has 0 amide bonds. The normalized spacial score (nSPS) is 4.67. The van der Waals surface area contributed by atoms with Crippen molar-refractivity contribution < 1.29 is 4.79 Å². The molecular weight excluding hydrogens is 98.1 g/mol. The predicted molar refractivity (Wildman–Crippen MR) is 25.3 cm³/mol. The van der Waals surface area contributed by atoms with Gasteiger partial charge >= 0.3 is 0 Å². The minimum atomic E-state index is 1.07. The SMILES string of the molecule is O=C=NC=C=S. The lowest BCUT2D eigenvalue weighted by molar-refractivity contribution is 0.565. The highest BCUT2D eigenvalue weighted by molar-refractivity contribution is 7.78. The second-order valence-electron chi connectivity index (χ2n) is 0.467. The summed E-state index contributed by atoms with van der Waals surface area (Å²) in [6.45, 7) is 0. The highest BCUT2D eigenvalue weighted by Gasteiger charge is 1.46. The van der Waals surface area contributed by atoms with Gasteiger partial charge in [-0.25, -0.2) is 4.79 Å². The van der Waals surface area contributed by atoms with Crippen LogP contribution >= 0.6 is 12.2 Å². The molecule has 0 saturated heterocycles. The summed E-state index contributed by atoms with van der Waals surface area (Å²) < 4.78 is 0. The Balaban J connectivity index is 3.64. The predicted octanol–water partition coefficient (Wildman–Crippen LogP) is 0.434. The maximum Gasteiger partial charge on any atom is 0.240 e. The molecule has 0 aromatic rings. The largest absolute Gasteiger partial charge is 0.240 e. The Labute approximate surface area is 40.2 Å². The molecule has 0 N–H and O–H groups in total. The minimum Gasteiger partial charge on any atom is -0.211 e. The van der Waals surface area contributed by atoms with Gasteiger partial charge in [-0.2, -0.15) is 4.99 Å². The van der Waals surface area contributed by atoms with Gasteiger partial charge in [0.2, 0.25) is 6.08 Å². The highest BCUT2D eigenvalue weighted by atomic mass is 32.1. The molecule has 0 unspecified atom stereocenters. The summed E-state index contributed by atoms with van der Waals surface area (Å²) in [6.07, 6.45) is 2.33. The van der Waals surface area contributed by atoms with Gasteiger partial charge < -0.3 is 0 Å². The van der Waals surface area contributed by atoms with Crippen LogP contribution in [-0.4, -0.2) is 11.1 Å². The van der Waals surface area contributed by atoms with Crippen molar-refractivity contribution in [3.8, 4) is 0 Å². The second kappa shape index (κ2) is 4.25. The van der Waals surface area contributed by atoms with Gasteiger partial charge in [-0.15, -0.1) is 0 Å². The van der Waals surface area contributed by atoms with Gasteiger partial charge in [-0.05, 0) is 17.2 Å². The average Bonchev–Trinajstić information content (AvgIpc) is 1.61. The van der Waals surface area contributed by atoms with Crippen LogP contribution in [0.2, 0.25) is 0 Å². The minimum absolute atomic E-state index is 1.07. The van der Waals surface area contributed by atoms with Crippen molar-refractivity contribution in [2.45, 2.75) is 0 Å². The first-order valence-corrected chi connectivity index (χ1v) is 1.59. The fraction of sp³-hybridized carbons (Fsp3) is 0. The molecule has 0 rings (SSSR count). The topological polar surface area (TPSA) is 29.4 Å². The van der Waals surface area contributed by atoms with Gasteiger partial charge in [0.15, 0.2) is 0 Å². The van der Waals surface area contributed by atoms with Crippen LogP contribution < -0.4 is 0 Å². The number of aliphatic imine (C=N–C) groups is 1. The number of carbonyl (C=O) groups excluding carboxylic acids is 1. The Bertz CT molecular complexity index is 103. The third-order valence-electron chi connectivity index (χ3n) is 0.170. The number of hydrogen-bond donors (Lipinski definition) is 0. The van der Waals surface area contributed by atoms with Crippen LogP contribution in [0.4, 0.5) is 0 Å². The van der Waals surface area contributed by atoms with E-state index in [4.69, 9.17) is 4.79 Å². The van der Waals surface area contributed by atoms with Crippen LogP contribution in [0.5, 0.6) is 0 Å². The lowest BCUT2D eigenvalue weighted by Crippen LogP contribution is -1.43. The molecule has 0 radical (unpaired) electrons. The molecule has 6 heavy (non-hydrogen) atoms. The van der Waals surface area contributed by atoms with Crippen LogP contribution in [0, 0.1) is 0 Å². The molecule has 0 heterocycles. The van der Waals surface area contributed by atoms with Crippen LogP contribution in [0.3, 0.4) is 0 Å². The Hall–Kier alpha value is -0.750. The van der Waals surface area contributed by atoms with E-state index in [9.17, 15) is 0 Å². The molecule has 0 aromatic heterocycles. The molecule has 0 atom stereocenters. The van der Waals surface area contributed by atoms with E-state index in [2.05, 4.69) is 22.2 Å². The van der Waals surface area contributed by atoms with E-state index in [0.717, 1.165) is 6.20 Å². The van der Waals surface area contributed by atoms with E-state index >= 15 is 0 Å². The van der Waals surface area contributed by atoms with Gasteiger partial charge in [-0.3, -0.25) is 0 Å². The van der Waals surface area contributed by atoms with Crippen molar-refractivity contribution in [3.05, 3.63) is 6.20 Å². The van der Waals surface area contributed by atoms with E-state index in [-0.39, 0.29) is 0 Å². The van der Waals surface area contributed by atoms with Crippen molar-refractivity contribution >= 4 is 23.3 Å². The Morgan fingerprint density at radius 2 is 2.50 bits per heavy atom. The van der Waals surface area contributed by atoms with E-state index in [1.807, 2.05) is 0 Å². The first-order valence-electron chi connectivity index (χ1n) is 1.18. The maximum atomic E-state index is 9.15. The summed E-state index contributed by atoms with van der Waals surface area (Å²) in [6, 6.07) is 0. The number of isocyanates is 1. The highest BCUT2D eigenvalue weighted by Crippen LogP contribution is 1.54. The molecule has 0 aliphatic carbocycles. The lowest BCUT2D eigenvalue weighted by Gasteiger charge is -1.46. The van der Waals surface area contributed by atoms with Crippen molar-refractivity contribution in [2.24, 2.45) is 4.99 Å². The molecule has 0 saturated carbocycles. The molecule has 0 bridgehead atoms. The van der Waals surface area contributed by atoms with Gasteiger partial charge in [0.05, 0.1) is 6.20 Å². The third kappa shape index (κ3) is 3.25. The standard InChI is InChI=1S/C3HNOS/c5-3-4-1-2-6/h1H. The molecule has 0 aromatic carbocycles. The summed E-state index contributed by atoms with van der Waals surface area (Å²) >= 11 is 4.14. The molecule has 0 fully saturated rings. The summed E-state index contributed by atoms with van der Waals surface area (Å²) in [5.41, 5.74) is 0. The smallest absolute Gasteiger partial charge is 0.211 e. The zero-order chi connectivity index (χ0) is 4.83. The molecule has 2 nitrogen and oxygen atoms in total. The monoisotopic (exact) mass is 99.0 g/mol. The summed E-state index contributed by atoms with van der Waals surface area (Å²) in [4.78, 5) is 12.1. The average molecular weight is 99.1 g/mol. The summed E-state index contributed by atoms with van der Waals surface area (Å²) in [5, 5.41) is 2.10. The Morgan fingerprint density at radius 3 is 2.67 bits per heavy atom. The fourth-order valence-electron chi connectivity index (χ4n) is 0.0527. The lowest BCUT2D eigenvalue weighted by atomic mass is 11.1. The fourth-order valence-corrected chi connectivity index (χ4v) is 0.105. The second-order valence-corrected chi connectivity index (χ2v) is 0.703. The van der Waals surface area contributed by atoms with Crippen LogP contribution in [0.25, 0.3) is 0 Å². The van der Waals surface area contributed by atoms with Crippen molar-refractivity contribution in [1.82, 2.24) is 0 Å². The van der Waals surface area contributed by atoms with E-state index in [0.29, 0.717) is 0 Å². The summed E-state index contributed by atoms with van der Waals surface area (Å²) in [7, 11) is 0. The first-order chi connectivity index (χ1) is 2.91. The summed E-state index contributed by atoms with van der Waals surface area (Å²) in [5.74, 6) is 0. The van der Waals surface area contributed by atoms with Crippen molar-refractivity contribution in [3.63, 3.8) is 0 Å². The van der Waals surface area contributed by atoms with E-state index < -0.39 is 0 Å². The number of hydrogen-bond acceptors (Lipinski definition) is 3. The molecule has 30 valence electrons. The van der Waals surface area contributed by atoms with Gasteiger partial charge in [0.1, 0.15) is 0 Å². The Morgan fingerprint density at radius 1 is 1.83 bits per heavy atom.